The topological polar surface area (TPSA) is 41.6 Å². The van der Waals surface area contributed by atoms with Crippen molar-refractivity contribution in [3.05, 3.63) is 34.9 Å². The molecule has 1 aliphatic heterocycles. The van der Waals surface area contributed by atoms with Crippen LogP contribution in [0.1, 0.15) is 38.8 Å². The second kappa shape index (κ2) is 6.67. The number of nitrogens with one attached hydrogen (secondary N) is 1. The third kappa shape index (κ3) is 5.21. The van der Waals surface area contributed by atoms with Crippen LogP contribution in [0.3, 0.4) is 0 Å². The van der Waals surface area contributed by atoms with E-state index < -0.39 is 5.60 Å². The molecule has 0 aromatic heterocycles. The summed E-state index contributed by atoms with van der Waals surface area (Å²) in [5, 5.41) is 3.66. The maximum Gasteiger partial charge on any atom is 0.408 e. The summed E-state index contributed by atoms with van der Waals surface area (Å²) in [7, 11) is 0. The van der Waals surface area contributed by atoms with Gasteiger partial charge in [0.05, 0.1) is 6.04 Å². The van der Waals surface area contributed by atoms with Crippen LogP contribution in [0.15, 0.2) is 24.3 Å². The minimum absolute atomic E-state index is 0.0857. The van der Waals surface area contributed by atoms with Gasteiger partial charge < -0.3 is 15.0 Å². The highest BCUT2D eigenvalue weighted by Gasteiger charge is 2.24. The fraction of sp³-hybridized carbons (Fsp3) is 0.562. The molecule has 1 aliphatic rings. The predicted octanol–water partition coefficient (Wildman–Crippen LogP) is 3.61. The fourth-order valence-corrected chi connectivity index (χ4v) is 2.33. The van der Waals surface area contributed by atoms with Crippen LogP contribution < -0.4 is 5.32 Å². The van der Waals surface area contributed by atoms with Crippen molar-refractivity contribution in [1.82, 2.24) is 10.2 Å². The van der Waals surface area contributed by atoms with Gasteiger partial charge in [0.2, 0.25) is 0 Å². The first-order valence-electron chi connectivity index (χ1n) is 7.31. The monoisotopic (exact) mass is 310 g/mol. The van der Waals surface area contributed by atoms with Crippen molar-refractivity contribution in [3.63, 3.8) is 0 Å². The largest absolute Gasteiger partial charge is 0.444 e. The molecule has 1 saturated heterocycles. The molecule has 116 valence electrons. The van der Waals surface area contributed by atoms with Gasteiger partial charge in [-0.3, -0.25) is 0 Å². The number of alkyl carbamates (subject to hydrolysis) is 1. The Balaban J connectivity index is 2.04. The Labute approximate surface area is 131 Å². The second-order valence-corrected chi connectivity index (χ2v) is 6.84. The van der Waals surface area contributed by atoms with Gasteiger partial charge in [0, 0.05) is 11.6 Å². The number of likely N-dealkylation sites (tertiary alicyclic amines) is 1. The summed E-state index contributed by atoms with van der Waals surface area (Å²) in [6.07, 6.45) is 0.836. The molecule has 1 amide bonds. The number of carbonyl (C=O) groups excluding carboxylic acids is 1. The number of ether oxygens (including phenoxy) is 1. The van der Waals surface area contributed by atoms with E-state index in [4.69, 9.17) is 16.3 Å². The SMILES string of the molecule is CC(C)(C)OC(=O)N[C@H](CN1CCC1)c1ccc(Cl)cc1. The van der Waals surface area contributed by atoms with E-state index in [2.05, 4.69) is 10.2 Å². The molecule has 2 rings (SSSR count). The zero-order valence-electron chi connectivity index (χ0n) is 12.9. The third-order valence-corrected chi connectivity index (χ3v) is 3.60. The molecule has 5 heteroatoms. The predicted molar refractivity (Wildman–Crippen MR) is 84.6 cm³/mol. The Morgan fingerprint density at radius 1 is 1.33 bits per heavy atom. The Kier molecular flexibility index (Phi) is 5.12. The van der Waals surface area contributed by atoms with Crippen molar-refractivity contribution in [3.8, 4) is 0 Å². The van der Waals surface area contributed by atoms with Gasteiger partial charge in [0.1, 0.15) is 5.60 Å². The molecule has 1 aromatic carbocycles. The molecular weight excluding hydrogens is 288 g/mol. The summed E-state index contributed by atoms with van der Waals surface area (Å²) in [6.45, 7) is 8.54. The lowest BCUT2D eigenvalue weighted by Crippen LogP contribution is -2.45. The zero-order valence-corrected chi connectivity index (χ0v) is 13.6. The number of benzene rings is 1. The summed E-state index contributed by atoms with van der Waals surface area (Å²) >= 11 is 5.93. The van der Waals surface area contributed by atoms with Crippen molar-refractivity contribution >= 4 is 17.7 Å². The lowest BCUT2D eigenvalue weighted by Gasteiger charge is -2.34. The zero-order chi connectivity index (χ0) is 15.5. The average Bonchev–Trinajstić information content (AvgIpc) is 2.31. The molecule has 21 heavy (non-hydrogen) atoms. The Morgan fingerprint density at radius 3 is 2.43 bits per heavy atom. The first kappa shape index (κ1) is 16.1. The number of halogens is 1. The van der Waals surface area contributed by atoms with Crippen LogP contribution in [0.25, 0.3) is 0 Å². The molecule has 1 atom stereocenters. The number of hydrogen-bond acceptors (Lipinski definition) is 3. The van der Waals surface area contributed by atoms with E-state index in [9.17, 15) is 4.79 Å². The molecule has 1 fully saturated rings. The standard InChI is InChI=1S/C16H23ClN2O2/c1-16(2,3)21-15(20)18-14(11-19-9-4-10-19)12-5-7-13(17)8-6-12/h5-8,14H,4,9-11H2,1-3H3,(H,18,20)/t14-/m1/s1. The van der Waals surface area contributed by atoms with Gasteiger partial charge in [0.15, 0.2) is 0 Å². The first-order valence-corrected chi connectivity index (χ1v) is 7.68. The quantitative estimate of drug-likeness (QED) is 0.923. The summed E-state index contributed by atoms with van der Waals surface area (Å²) in [4.78, 5) is 14.3. The minimum atomic E-state index is -0.495. The maximum absolute atomic E-state index is 12.0. The molecule has 1 heterocycles. The van der Waals surface area contributed by atoms with Crippen LogP contribution in [0.4, 0.5) is 4.79 Å². The average molecular weight is 311 g/mol. The second-order valence-electron chi connectivity index (χ2n) is 6.40. The first-order chi connectivity index (χ1) is 9.83. The minimum Gasteiger partial charge on any atom is -0.444 e. The van der Waals surface area contributed by atoms with E-state index >= 15 is 0 Å². The number of hydrogen-bond donors (Lipinski definition) is 1. The maximum atomic E-state index is 12.0. The van der Waals surface area contributed by atoms with E-state index in [-0.39, 0.29) is 12.1 Å². The van der Waals surface area contributed by atoms with Gasteiger partial charge in [-0.1, -0.05) is 23.7 Å². The van der Waals surface area contributed by atoms with Crippen LogP contribution in [0, 0.1) is 0 Å². The molecule has 0 bridgehead atoms. The van der Waals surface area contributed by atoms with Crippen molar-refractivity contribution < 1.29 is 9.53 Å². The van der Waals surface area contributed by atoms with Crippen molar-refractivity contribution in [1.29, 1.82) is 0 Å². The summed E-state index contributed by atoms with van der Waals surface area (Å²) in [5.74, 6) is 0. The molecule has 0 saturated carbocycles. The normalized spacial score (nSPS) is 17.0. The molecule has 1 aromatic rings. The van der Waals surface area contributed by atoms with Crippen LogP contribution >= 0.6 is 11.6 Å². The number of amides is 1. The molecule has 0 unspecified atom stereocenters. The Hall–Kier alpha value is -1.26. The molecule has 0 spiro atoms. The van der Waals surface area contributed by atoms with E-state index in [1.807, 2.05) is 45.0 Å². The van der Waals surface area contributed by atoms with Crippen LogP contribution in [-0.2, 0) is 4.74 Å². The highest BCUT2D eigenvalue weighted by molar-refractivity contribution is 6.30. The summed E-state index contributed by atoms with van der Waals surface area (Å²) in [6, 6.07) is 7.50. The van der Waals surface area contributed by atoms with Crippen LogP contribution in [-0.4, -0.2) is 36.2 Å². The van der Waals surface area contributed by atoms with Crippen molar-refractivity contribution in [2.75, 3.05) is 19.6 Å². The van der Waals surface area contributed by atoms with Crippen molar-refractivity contribution in [2.24, 2.45) is 0 Å². The van der Waals surface area contributed by atoms with E-state index in [1.165, 1.54) is 6.42 Å². The van der Waals surface area contributed by atoms with E-state index in [0.717, 1.165) is 25.2 Å². The van der Waals surface area contributed by atoms with Gasteiger partial charge in [-0.05, 0) is 58.0 Å². The van der Waals surface area contributed by atoms with Gasteiger partial charge in [-0.2, -0.15) is 0 Å². The van der Waals surface area contributed by atoms with Gasteiger partial charge in [-0.25, -0.2) is 4.79 Å². The van der Waals surface area contributed by atoms with Gasteiger partial charge in [0.25, 0.3) is 0 Å². The summed E-state index contributed by atoms with van der Waals surface area (Å²) in [5.41, 5.74) is 0.544. The van der Waals surface area contributed by atoms with Crippen LogP contribution in [0.2, 0.25) is 5.02 Å². The molecular formula is C16H23ClN2O2. The molecule has 0 radical (unpaired) electrons. The highest BCUT2D eigenvalue weighted by Crippen LogP contribution is 2.20. The fourth-order valence-electron chi connectivity index (χ4n) is 2.20. The molecule has 4 nitrogen and oxygen atoms in total. The Bertz CT molecular complexity index is 478. The van der Waals surface area contributed by atoms with Gasteiger partial charge >= 0.3 is 6.09 Å². The number of nitrogens with zero attached hydrogens (tertiary/aromatic N) is 1. The Morgan fingerprint density at radius 2 is 1.95 bits per heavy atom. The van der Waals surface area contributed by atoms with E-state index in [1.54, 1.807) is 0 Å². The highest BCUT2D eigenvalue weighted by atomic mass is 35.5. The molecule has 1 N–H and O–H groups in total. The van der Waals surface area contributed by atoms with Crippen LogP contribution in [0.5, 0.6) is 0 Å². The smallest absolute Gasteiger partial charge is 0.408 e. The van der Waals surface area contributed by atoms with E-state index in [0.29, 0.717) is 5.02 Å². The lowest BCUT2D eigenvalue weighted by molar-refractivity contribution is 0.0479. The van der Waals surface area contributed by atoms with Crippen molar-refractivity contribution in [2.45, 2.75) is 38.8 Å². The molecule has 0 aliphatic carbocycles. The number of rotatable bonds is 4. The lowest BCUT2D eigenvalue weighted by atomic mass is 10.0. The van der Waals surface area contributed by atoms with Gasteiger partial charge in [-0.15, -0.1) is 0 Å². The number of carbonyl (C=O) groups is 1. The third-order valence-electron chi connectivity index (χ3n) is 3.35. The summed E-state index contributed by atoms with van der Waals surface area (Å²) < 4.78 is 5.35.